The maximum absolute atomic E-state index is 12.4. The third-order valence-corrected chi connectivity index (χ3v) is 4.01. The molecule has 6 nitrogen and oxygen atoms in total. The van der Waals surface area contributed by atoms with E-state index >= 15 is 0 Å². The van der Waals surface area contributed by atoms with E-state index in [1.165, 1.54) is 6.26 Å². The number of carbonyl (C=O) groups excluding carboxylic acids is 2. The summed E-state index contributed by atoms with van der Waals surface area (Å²) in [6.07, 6.45) is 1.53. The van der Waals surface area contributed by atoms with Crippen LogP contribution in [0.2, 0.25) is 0 Å². The second-order valence-corrected chi connectivity index (χ2v) is 5.74. The third-order valence-electron chi connectivity index (χ3n) is 4.01. The number of fused-ring (bicyclic) bond motifs is 1. The van der Waals surface area contributed by atoms with E-state index in [0.717, 1.165) is 5.39 Å². The second kappa shape index (κ2) is 7.74. The number of hydrogen-bond donors (Lipinski definition) is 1. The molecule has 6 heteroatoms. The van der Waals surface area contributed by atoms with Gasteiger partial charge in [-0.1, -0.05) is 24.3 Å². The monoisotopic (exact) mass is 353 g/mol. The summed E-state index contributed by atoms with van der Waals surface area (Å²) in [5, 5.41) is 4.23. The number of methoxy groups -OCH3 is 1. The molecule has 2 aromatic carbocycles. The van der Waals surface area contributed by atoms with Crippen LogP contribution in [0.25, 0.3) is 10.8 Å². The first-order chi connectivity index (χ1) is 12.6. The first-order valence-corrected chi connectivity index (χ1v) is 8.15. The minimum absolute atomic E-state index is 0.307. The lowest BCUT2D eigenvalue weighted by Gasteiger charge is -2.13. The van der Waals surface area contributed by atoms with Crippen molar-refractivity contribution in [1.82, 2.24) is 5.32 Å². The maximum atomic E-state index is 12.4. The summed E-state index contributed by atoms with van der Waals surface area (Å²) in [6, 6.07) is 13.9. The SMILES string of the molecule is COc1ccc(C(=O)OCC(=O)N[C@@H](C)c2ccco2)c2ccccc12. The van der Waals surface area contributed by atoms with Crippen molar-refractivity contribution in [3.8, 4) is 5.75 Å². The van der Waals surface area contributed by atoms with Gasteiger partial charge in [-0.2, -0.15) is 0 Å². The third kappa shape index (κ3) is 3.69. The van der Waals surface area contributed by atoms with Crippen LogP contribution in [0.4, 0.5) is 0 Å². The predicted octanol–water partition coefficient (Wildman–Crippen LogP) is 3.48. The Balaban J connectivity index is 1.67. The molecular weight excluding hydrogens is 334 g/mol. The zero-order valence-corrected chi connectivity index (χ0v) is 14.5. The molecule has 0 saturated heterocycles. The van der Waals surface area contributed by atoms with Crippen LogP contribution in [0.5, 0.6) is 5.75 Å². The molecule has 0 aliphatic heterocycles. The fourth-order valence-corrected chi connectivity index (χ4v) is 2.73. The molecule has 1 heterocycles. The van der Waals surface area contributed by atoms with Crippen LogP contribution in [-0.2, 0) is 9.53 Å². The maximum Gasteiger partial charge on any atom is 0.339 e. The molecule has 26 heavy (non-hydrogen) atoms. The van der Waals surface area contributed by atoms with Gasteiger partial charge in [-0.25, -0.2) is 4.79 Å². The second-order valence-electron chi connectivity index (χ2n) is 5.74. The predicted molar refractivity (Wildman–Crippen MR) is 96.0 cm³/mol. The molecule has 1 N–H and O–H groups in total. The molecule has 134 valence electrons. The summed E-state index contributed by atoms with van der Waals surface area (Å²) < 4.78 is 15.7. The Morgan fingerprint density at radius 3 is 2.54 bits per heavy atom. The van der Waals surface area contributed by atoms with Crippen LogP contribution in [0.3, 0.4) is 0 Å². The van der Waals surface area contributed by atoms with Crippen molar-refractivity contribution in [2.75, 3.05) is 13.7 Å². The van der Waals surface area contributed by atoms with Crippen LogP contribution in [0.1, 0.15) is 29.1 Å². The molecule has 0 unspecified atom stereocenters. The van der Waals surface area contributed by atoms with Crippen molar-refractivity contribution in [2.24, 2.45) is 0 Å². The summed E-state index contributed by atoms with van der Waals surface area (Å²) in [4.78, 5) is 24.4. The van der Waals surface area contributed by atoms with Crippen LogP contribution in [0, 0.1) is 0 Å². The number of ether oxygens (including phenoxy) is 2. The fraction of sp³-hybridized carbons (Fsp3) is 0.200. The molecule has 0 bridgehead atoms. The van der Waals surface area contributed by atoms with Crippen molar-refractivity contribution in [3.05, 3.63) is 66.1 Å². The number of nitrogens with one attached hydrogen (secondary N) is 1. The molecule has 1 aromatic heterocycles. The Hall–Kier alpha value is -3.28. The van der Waals surface area contributed by atoms with Gasteiger partial charge in [0.1, 0.15) is 11.5 Å². The lowest BCUT2D eigenvalue weighted by Crippen LogP contribution is -2.31. The van der Waals surface area contributed by atoms with Crippen LogP contribution >= 0.6 is 0 Å². The average molecular weight is 353 g/mol. The molecule has 0 aliphatic rings. The summed E-state index contributed by atoms with van der Waals surface area (Å²) in [5.74, 6) is 0.331. The smallest absolute Gasteiger partial charge is 0.339 e. The number of hydrogen-bond acceptors (Lipinski definition) is 5. The van der Waals surface area contributed by atoms with Gasteiger partial charge < -0.3 is 19.2 Å². The van der Waals surface area contributed by atoms with Crippen LogP contribution < -0.4 is 10.1 Å². The van der Waals surface area contributed by atoms with Gasteiger partial charge in [0.25, 0.3) is 5.91 Å². The van der Waals surface area contributed by atoms with E-state index in [1.54, 1.807) is 38.3 Å². The zero-order chi connectivity index (χ0) is 18.5. The molecule has 0 fully saturated rings. The molecule has 1 amide bonds. The van der Waals surface area contributed by atoms with Gasteiger partial charge in [0.15, 0.2) is 6.61 Å². The number of amides is 1. The Morgan fingerprint density at radius 2 is 1.85 bits per heavy atom. The summed E-state index contributed by atoms with van der Waals surface area (Å²) >= 11 is 0. The highest BCUT2D eigenvalue weighted by molar-refractivity contribution is 6.06. The Morgan fingerprint density at radius 1 is 1.08 bits per heavy atom. The molecule has 0 aliphatic carbocycles. The van der Waals surface area contributed by atoms with E-state index in [-0.39, 0.29) is 12.6 Å². The number of carbonyl (C=O) groups is 2. The minimum Gasteiger partial charge on any atom is -0.496 e. The van der Waals surface area contributed by atoms with Gasteiger partial charge in [-0.15, -0.1) is 0 Å². The highest BCUT2D eigenvalue weighted by atomic mass is 16.5. The van der Waals surface area contributed by atoms with E-state index in [2.05, 4.69) is 5.32 Å². The largest absolute Gasteiger partial charge is 0.496 e. The molecule has 0 radical (unpaired) electrons. The highest BCUT2D eigenvalue weighted by Crippen LogP contribution is 2.28. The Labute approximate surface area is 150 Å². The van der Waals surface area contributed by atoms with E-state index < -0.39 is 11.9 Å². The standard InChI is InChI=1S/C20H19NO5/c1-13(17-8-5-11-25-17)21-19(22)12-26-20(23)16-9-10-18(24-2)15-7-4-3-6-14(15)16/h3-11,13H,12H2,1-2H3,(H,21,22)/t13-/m0/s1. The van der Waals surface area contributed by atoms with Crippen molar-refractivity contribution in [1.29, 1.82) is 0 Å². The van der Waals surface area contributed by atoms with E-state index in [1.807, 2.05) is 24.3 Å². The van der Waals surface area contributed by atoms with Crippen molar-refractivity contribution >= 4 is 22.6 Å². The van der Waals surface area contributed by atoms with Gasteiger partial charge in [-0.05, 0) is 36.6 Å². The van der Waals surface area contributed by atoms with E-state index in [0.29, 0.717) is 22.5 Å². The summed E-state index contributed by atoms with van der Waals surface area (Å²) in [5.41, 5.74) is 0.383. The Kier molecular flexibility index (Phi) is 5.22. The molecule has 0 saturated carbocycles. The van der Waals surface area contributed by atoms with Gasteiger partial charge in [0.2, 0.25) is 0 Å². The van der Waals surface area contributed by atoms with Crippen LogP contribution in [0.15, 0.2) is 59.2 Å². The minimum atomic E-state index is -0.565. The quantitative estimate of drug-likeness (QED) is 0.687. The number of furan rings is 1. The van der Waals surface area contributed by atoms with Crippen molar-refractivity contribution in [2.45, 2.75) is 13.0 Å². The first-order valence-electron chi connectivity index (χ1n) is 8.15. The summed E-state index contributed by atoms with van der Waals surface area (Å²) in [6.45, 7) is 1.42. The van der Waals surface area contributed by atoms with Gasteiger partial charge >= 0.3 is 5.97 Å². The van der Waals surface area contributed by atoms with Crippen molar-refractivity contribution < 1.29 is 23.5 Å². The van der Waals surface area contributed by atoms with E-state index in [4.69, 9.17) is 13.9 Å². The topological polar surface area (TPSA) is 77.8 Å². The first kappa shape index (κ1) is 17.5. The number of esters is 1. The fourth-order valence-electron chi connectivity index (χ4n) is 2.73. The normalized spacial score (nSPS) is 11.8. The molecule has 1 atom stereocenters. The van der Waals surface area contributed by atoms with Crippen molar-refractivity contribution in [3.63, 3.8) is 0 Å². The lowest BCUT2D eigenvalue weighted by atomic mass is 10.0. The lowest BCUT2D eigenvalue weighted by molar-refractivity contribution is -0.125. The van der Waals surface area contributed by atoms with Gasteiger partial charge in [0.05, 0.1) is 25.0 Å². The Bertz CT molecular complexity index is 917. The summed E-state index contributed by atoms with van der Waals surface area (Å²) in [7, 11) is 1.57. The number of benzene rings is 2. The zero-order valence-electron chi connectivity index (χ0n) is 14.5. The van der Waals surface area contributed by atoms with Gasteiger partial charge in [-0.3, -0.25) is 4.79 Å². The number of rotatable bonds is 6. The molecular formula is C20H19NO5. The molecule has 3 aromatic rings. The van der Waals surface area contributed by atoms with E-state index in [9.17, 15) is 9.59 Å². The molecule has 3 rings (SSSR count). The highest BCUT2D eigenvalue weighted by Gasteiger charge is 2.17. The van der Waals surface area contributed by atoms with Crippen LogP contribution in [-0.4, -0.2) is 25.6 Å². The van der Waals surface area contributed by atoms with Gasteiger partial charge in [0, 0.05) is 5.39 Å². The average Bonchev–Trinajstić information content (AvgIpc) is 3.20. The molecule has 0 spiro atoms.